The van der Waals surface area contributed by atoms with Gasteiger partial charge in [-0.15, -0.1) is 0 Å². The highest BCUT2D eigenvalue weighted by molar-refractivity contribution is 5.93. The lowest BCUT2D eigenvalue weighted by molar-refractivity contribution is -0.120. The average Bonchev–Trinajstić information content (AvgIpc) is 2.67. The highest BCUT2D eigenvalue weighted by Gasteiger charge is 2.17. The van der Waals surface area contributed by atoms with Crippen LogP contribution in [0.15, 0.2) is 60.8 Å². The molecule has 3 rings (SSSR count). The molecule has 3 aromatic rings. The van der Waals surface area contributed by atoms with E-state index >= 15 is 0 Å². The third kappa shape index (κ3) is 4.82. The standard InChI is InChI=1S/C21H21N3O3/c1-14(25)23-20(15-7-9-18(27-2)10-8-15)12-21(26)24-17-11-16-5-3-4-6-19(16)22-13-17/h3-11,13,20H,12H2,1-2H3,(H,23,25)(H,24,26). The Hall–Kier alpha value is -3.41. The Labute approximate surface area is 157 Å². The molecule has 0 saturated carbocycles. The smallest absolute Gasteiger partial charge is 0.226 e. The molecule has 2 N–H and O–H groups in total. The van der Waals surface area contributed by atoms with Crippen LogP contribution in [0.25, 0.3) is 10.9 Å². The molecule has 0 saturated heterocycles. The number of ether oxygens (including phenoxy) is 1. The molecule has 0 bridgehead atoms. The number of carbonyl (C=O) groups is 2. The number of hydrogen-bond donors (Lipinski definition) is 2. The molecule has 0 spiro atoms. The van der Waals surface area contributed by atoms with Crippen LogP contribution in [0.5, 0.6) is 5.75 Å². The molecule has 0 aliphatic heterocycles. The van der Waals surface area contributed by atoms with Gasteiger partial charge in [0.15, 0.2) is 0 Å². The summed E-state index contributed by atoms with van der Waals surface area (Å²) in [5, 5.41) is 6.62. The first kappa shape index (κ1) is 18.4. The minimum Gasteiger partial charge on any atom is -0.497 e. The molecule has 138 valence electrons. The van der Waals surface area contributed by atoms with E-state index in [9.17, 15) is 9.59 Å². The molecule has 1 aromatic heterocycles. The summed E-state index contributed by atoms with van der Waals surface area (Å²) in [4.78, 5) is 28.4. The van der Waals surface area contributed by atoms with Crippen molar-refractivity contribution >= 4 is 28.4 Å². The summed E-state index contributed by atoms with van der Waals surface area (Å²) in [6.07, 6.45) is 1.74. The number of fused-ring (bicyclic) bond motifs is 1. The van der Waals surface area contributed by atoms with Crippen molar-refractivity contribution in [1.82, 2.24) is 10.3 Å². The van der Waals surface area contributed by atoms with Crippen molar-refractivity contribution < 1.29 is 14.3 Å². The summed E-state index contributed by atoms with van der Waals surface area (Å²) >= 11 is 0. The summed E-state index contributed by atoms with van der Waals surface area (Å²) in [7, 11) is 1.59. The number of para-hydroxylation sites is 1. The number of nitrogens with one attached hydrogen (secondary N) is 2. The third-order valence-electron chi connectivity index (χ3n) is 4.16. The largest absolute Gasteiger partial charge is 0.497 e. The number of benzene rings is 2. The van der Waals surface area contributed by atoms with Crippen LogP contribution in [-0.2, 0) is 9.59 Å². The maximum atomic E-state index is 12.5. The number of methoxy groups -OCH3 is 1. The van der Waals surface area contributed by atoms with Gasteiger partial charge in [-0.25, -0.2) is 0 Å². The van der Waals surface area contributed by atoms with Gasteiger partial charge >= 0.3 is 0 Å². The highest BCUT2D eigenvalue weighted by Crippen LogP contribution is 2.22. The molecule has 6 heteroatoms. The quantitative estimate of drug-likeness (QED) is 0.703. The van der Waals surface area contributed by atoms with E-state index in [0.717, 1.165) is 16.5 Å². The van der Waals surface area contributed by atoms with Gasteiger partial charge in [-0.1, -0.05) is 30.3 Å². The van der Waals surface area contributed by atoms with Crippen molar-refractivity contribution in [2.75, 3.05) is 12.4 Å². The van der Waals surface area contributed by atoms with E-state index in [1.54, 1.807) is 25.4 Å². The zero-order chi connectivity index (χ0) is 19.2. The number of anilines is 1. The number of aromatic nitrogens is 1. The van der Waals surface area contributed by atoms with Gasteiger partial charge in [-0.05, 0) is 29.8 Å². The van der Waals surface area contributed by atoms with Gasteiger partial charge in [0.2, 0.25) is 11.8 Å². The van der Waals surface area contributed by atoms with Crippen molar-refractivity contribution in [3.8, 4) is 5.75 Å². The summed E-state index contributed by atoms with van der Waals surface area (Å²) in [6.45, 7) is 1.43. The van der Waals surface area contributed by atoms with Crippen molar-refractivity contribution in [2.24, 2.45) is 0 Å². The van der Waals surface area contributed by atoms with Crippen molar-refractivity contribution in [3.05, 3.63) is 66.4 Å². The first-order chi connectivity index (χ1) is 13.0. The van der Waals surface area contributed by atoms with Gasteiger partial charge < -0.3 is 15.4 Å². The lowest BCUT2D eigenvalue weighted by Gasteiger charge is -2.18. The summed E-state index contributed by atoms with van der Waals surface area (Å²) in [6, 6.07) is 16.4. The summed E-state index contributed by atoms with van der Waals surface area (Å²) in [5.74, 6) is 0.310. The zero-order valence-electron chi connectivity index (χ0n) is 15.2. The molecular weight excluding hydrogens is 342 g/mol. The molecule has 0 aliphatic rings. The second kappa shape index (κ2) is 8.31. The fourth-order valence-electron chi connectivity index (χ4n) is 2.87. The lowest BCUT2D eigenvalue weighted by Crippen LogP contribution is -2.29. The van der Waals surface area contributed by atoms with Crippen molar-refractivity contribution in [3.63, 3.8) is 0 Å². The third-order valence-corrected chi connectivity index (χ3v) is 4.16. The summed E-state index contributed by atoms with van der Waals surface area (Å²) in [5.41, 5.74) is 2.32. The van der Waals surface area contributed by atoms with Crippen LogP contribution < -0.4 is 15.4 Å². The fraction of sp³-hybridized carbons (Fsp3) is 0.190. The van der Waals surface area contributed by atoms with Gasteiger partial charge in [-0.2, -0.15) is 0 Å². The predicted molar refractivity (Wildman–Crippen MR) is 105 cm³/mol. The SMILES string of the molecule is COc1ccc(C(CC(=O)Nc2cnc3ccccc3c2)NC(C)=O)cc1. The highest BCUT2D eigenvalue weighted by atomic mass is 16.5. The van der Waals surface area contributed by atoms with E-state index in [0.29, 0.717) is 11.4 Å². The minimum absolute atomic E-state index is 0.110. The first-order valence-electron chi connectivity index (χ1n) is 8.61. The summed E-state index contributed by atoms with van der Waals surface area (Å²) < 4.78 is 5.15. The number of hydrogen-bond acceptors (Lipinski definition) is 4. The number of carbonyl (C=O) groups excluding carboxylic acids is 2. The first-order valence-corrected chi connectivity index (χ1v) is 8.61. The number of nitrogens with zero attached hydrogens (tertiary/aromatic N) is 1. The average molecular weight is 363 g/mol. The van der Waals surface area contributed by atoms with Crippen LogP contribution in [0.2, 0.25) is 0 Å². The van der Waals surface area contributed by atoms with Crippen molar-refractivity contribution in [2.45, 2.75) is 19.4 Å². The molecule has 1 unspecified atom stereocenters. The number of amides is 2. The van der Waals surface area contributed by atoms with Gasteiger partial charge in [0.1, 0.15) is 5.75 Å². The molecule has 1 heterocycles. The van der Waals surface area contributed by atoms with E-state index in [1.807, 2.05) is 42.5 Å². The monoisotopic (exact) mass is 363 g/mol. The van der Waals surface area contributed by atoms with E-state index in [-0.39, 0.29) is 18.2 Å². The van der Waals surface area contributed by atoms with Gasteiger partial charge in [-0.3, -0.25) is 14.6 Å². The van der Waals surface area contributed by atoms with Crippen molar-refractivity contribution in [1.29, 1.82) is 0 Å². The Kier molecular flexibility index (Phi) is 5.66. The molecule has 2 aromatic carbocycles. The Morgan fingerprint density at radius 1 is 1.11 bits per heavy atom. The molecular formula is C21H21N3O3. The normalized spacial score (nSPS) is 11.6. The Morgan fingerprint density at radius 3 is 2.56 bits per heavy atom. The maximum absolute atomic E-state index is 12.5. The van der Waals surface area contributed by atoms with Crippen LogP contribution in [-0.4, -0.2) is 23.9 Å². The lowest BCUT2D eigenvalue weighted by atomic mass is 10.0. The van der Waals surface area contributed by atoms with Crippen LogP contribution in [0.3, 0.4) is 0 Å². The molecule has 0 aliphatic carbocycles. The van der Waals surface area contributed by atoms with E-state index in [1.165, 1.54) is 6.92 Å². The molecule has 0 radical (unpaired) electrons. The molecule has 27 heavy (non-hydrogen) atoms. The predicted octanol–water partition coefficient (Wildman–Crippen LogP) is 3.45. The second-order valence-electron chi connectivity index (χ2n) is 6.20. The van der Waals surface area contributed by atoms with Crippen LogP contribution in [0.4, 0.5) is 5.69 Å². The second-order valence-corrected chi connectivity index (χ2v) is 6.20. The Balaban J connectivity index is 1.73. The van der Waals surface area contributed by atoms with E-state index in [2.05, 4.69) is 15.6 Å². The van der Waals surface area contributed by atoms with Crippen LogP contribution >= 0.6 is 0 Å². The minimum atomic E-state index is -0.429. The van der Waals surface area contributed by atoms with Gasteiger partial charge in [0.25, 0.3) is 0 Å². The number of pyridine rings is 1. The van der Waals surface area contributed by atoms with Gasteiger partial charge in [0.05, 0.1) is 37.0 Å². The molecule has 1 atom stereocenters. The molecule has 2 amide bonds. The van der Waals surface area contributed by atoms with E-state index in [4.69, 9.17) is 4.74 Å². The van der Waals surface area contributed by atoms with Crippen LogP contribution in [0.1, 0.15) is 24.9 Å². The van der Waals surface area contributed by atoms with E-state index < -0.39 is 6.04 Å². The Bertz CT molecular complexity index is 954. The zero-order valence-corrected chi connectivity index (χ0v) is 15.2. The Morgan fingerprint density at radius 2 is 1.85 bits per heavy atom. The number of rotatable bonds is 6. The molecule has 6 nitrogen and oxygen atoms in total. The maximum Gasteiger partial charge on any atom is 0.226 e. The molecule has 0 fully saturated rings. The topological polar surface area (TPSA) is 80.3 Å². The van der Waals surface area contributed by atoms with Gasteiger partial charge in [0, 0.05) is 12.3 Å². The fourth-order valence-corrected chi connectivity index (χ4v) is 2.87. The van der Waals surface area contributed by atoms with Crippen LogP contribution in [0, 0.1) is 0 Å².